The van der Waals surface area contributed by atoms with Gasteiger partial charge < -0.3 is 52.3 Å². The summed E-state index contributed by atoms with van der Waals surface area (Å²) in [5.74, 6) is -4.19. The number of nitrogens with one attached hydrogen (secondary N) is 3. The zero-order valence-corrected chi connectivity index (χ0v) is 38.4. The molecule has 9 N–H and O–H groups in total. The lowest BCUT2D eigenvalue weighted by Crippen LogP contribution is -2.56. The van der Waals surface area contributed by atoms with E-state index in [2.05, 4.69) is 16.0 Å². The van der Waals surface area contributed by atoms with Crippen molar-refractivity contribution in [3.05, 3.63) is 100 Å². The minimum Gasteiger partial charge on any atom is -0.449 e. The van der Waals surface area contributed by atoms with Gasteiger partial charge in [-0.25, -0.2) is 9.59 Å². The second kappa shape index (κ2) is 21.3. The number of Topliss-reactive ketones (excluding diaryl/α,β-unsaturated/α-hetero) is 2. The van der Waals surface area contributed by atoms with Crippen molar-refractivity contribution in [2.45, 2.75) is 94.8 Å². The molecule has 4 aliphatic heterocycles. The summed E-state index contributed by atoms with van der Waals surface area (Å²) in [4.78, 5) is 121. The summed E-state index contributed by atoms with van der Waals surface area (Å²) in [7, 11) is 1.38. The summed E-state index contributed by atoms with van der Waals surface area (Å²) in [6, 6.07) is 12.6. The Morgan fingerprint density at radius 3 is 2.20 bits per heavy atom. The first-order valence-corrected chi connectivity index (χ1v) is 22.9. The minimum atomic E-state index is -1.46. The number of ether oxygens (including phenoxy) is 3. The molecule has 2 aromatic rings. The molecule has 7 amide bonds. The largest absolute Gasteiger partial charge is 0.449 e. The first kappa shape index (κ1) is 49.5. The summed E-state index contributed by atoms with van der Waals surface area (Å²) >= 11 is 0. The maximum absolute atomic E-state index is 13.9. The Labute approximate surface area is 397 Å². The molecule has 2 saturated heterocycles. The Morgan fingerprint density at radius 1 is 0.826 bits per heavy atom. The summed E-state index contributed by atoms with van der Waals surface area (Å²) in [5.41, 5.74) is 17.4. The maximum atomic E-state index is 13.9. The second-order valence-corrected chi connectivity index (χ2v) is 17.5. The van der Waals surface area contributed by atoms with Crippen LogP contribution in [0.15, 0.2) is 89.3 Å². The van der Waals surface area contributed by atoms with E-state index in [1.54, 1.807) is 29.2 Å². The number of fused-ring (bicyclic) bond motifs is 4. The molecule has 21 nitrogen and oxygen atoms in total. The van der Waals surface area contributed by atoms with Gasteiger partial charge in [-0.15, -0.1) is 0 Å². The van der Waals surface area contributed by atoms with Crippen LogP contribution in [0.5, 0.6) is 0 Å². The van der Waals surface area contributed by atoms with Crippen molar-refractivity contribution in [1.82, 2.24) is 25.3 Å². The molecule has 0 saturated carbocycles. The number of nitrogens with two attached hydrogens (primary N) is 3. The molecule has 69 heavy (non-hydrogen) atoms. The number of hydrogen-bond donors (Lipinski definition) is 6. The van der Waals surface area contributed by atoms with Gasteiger partial charge in [0.2, 0.25) is 29.3 Å². The van der Waals surface area contributed by atoms with Gasteiger partial charge in [-0.3, -0.25) is 43.4 Å². The molecule has 366 valence electrons. The number of carbonyl (C=O) groups is 9. The van der Waals surface area contributed by atoms with Crippen LogP contribution >= 0.6 is 0 Å². The normalized spacial score (nSPS) is 22.0. The Kier molecular flexibility index (Phi) is 15.3. The number of piperazine rings is 1. The van der Waals surface area contributed by atoms with E-state index in [0.29, 0.717) is 49.9 Å². The first-order valence-electron chi connectivity index (χ1n) is 22.9. The SMILES string of the molecule is COC12C(COC(N)=O)C3=C(C(=O)C(C)=C(N)C3=O)N1CC1C2N1C(=O)OCc1ccc(NC(=O)C(CCCCN)NC(=O)[C@H](Cc2ccccc2)NC(=O)CCCCCN2C(=O)C=CC2=O)cc1. The molecule has 5 unspecified atom stereocenters. The first-order chi connectivity index (χ1) is 33.1. The Hall–Kier alpha value is -7.39. The topological polar surface area (TPSA) is 305 Å². The van der Waals surface area contributed by atoms with E-state index in [1.165, 1.54) is 31.1 Å². The Bertz CT molecular complexity index is 2470. The lowest BCUT2D eigenvalue weighted by atomic mass is 9.82. The van der Waals surface area contributed by atoms with Crippen molar-refractivity contribution in [2.75, 3.05) is 38.7 Å². The van der Waals surface area contributed by atoms with E-state index in [4.69, 9.17) is 31.4 Å². The van der Waals surface area contributed by atoms with Crippen molar-refractivity contribution in [2.24, 2.45) is 23.1 Å². The molecule has 4 heterocycles. The number of methoxy groups -OCH3 is 1. The van der Waals surface area contributed by atoms with Crippen LogP contribution < -0.4 is 33.2 Å². The molecule has 5 aliphatic rings. The predicted molar refractivity (Wildman–Crippen MR) is 245 cm³/mol. The summed E-state index contributed by atoms with van der Waals surface area (Å²) in [6.07, 6.45) is 3.90. The molecular formula is C48H57N9O12. The average molecular weight is 952 g/mol. The zero-order chi connectivity index (χ0) is 49.6. The van der Waals surface area contributed by atoms with Crippen LogP contribution in [-0.4, -0.2) is 131 Å². The summed E-state index contributed by atoms with van der Waals surface area (Å²) < 4.78 is 16.9. The van der Waals surface area contributed by atoms with Crippen LogP contribution in [0, 0.1) is 5.92 Å². The molecule has 0 bridgehead atoms. The van der Waals surface area contributed by atoms with Gasteiger partial charge in [-0.05, 0) is 68.8 Å². The van der Waals surface area contributed by atoms with Crippen LogP contribution in [0.25, 0.3) is 0 Å². The smallest absolute Gasteiger partial charge is 0.410 e. The van der Waals surface area contributed by atoms with Gasteiger partial charge in [0.25, 0.3) is 11.8 Å². The third-order valence-electron chi connectivity index (χ3n) is 13.2. The number of benzene rings is 2. The number of hydrogen-bond acceptors (Lipinski definition) is 15. The minimum absolute atomic E-state index is 0.0324. The molecule has 21 heteroatoms. The molecule has 7 rings (SSSR count). The van der Waals surface area contributed by atoms with Crippen LogP contribution in [0.3, 0.4) is 0 Å². The number of primary amides is 1. The third-order valence-corrected chi connectivity index (χ3v) is 13.2. The second-order valence-electron chi connectivity index (χ2n) is 17.5. The molecule has 0 radical (unpaired) electrons. The Balaban J connectivity index is 0.941. The number of unbranched alkanes of at least 4 members (excludes halogenated alkanes) is 3. The number of nitrogens with zero attached hydrogens (tertiary/aromatic N) is 3. The number of allylic oxidation sites excluding steroid dienone is 2. The van der Waals surface area contributed by atoms with E-state index >= 15 is 0 Å². The highest BCUT2D eigenvalue weighted by Crippen LogP contribution is 2.60. The average Bonchev–Trinajstić information content (AvgIpc) is 3.67. The van der Waals surface area contributed by atoms with E-state index in [1.807, 2.05) is 30.3 Å². The molecule has 6 atom stereocenters. The van der Waals surface area contributed by atoms with Crippen LogP contribution in [0.1, 0.15) is 63.0 Å². The number of imide groups is 1. The van der Waals surface area contributed by atoms with Crippen molar-refractivity contribution >= 4 is 59.0 Å². The monoisotopic (exact) mass is 951 g/mol. The number of rotatable bonds is 22. The lowest BCUT2D eigenvalue weighted by Gasteiger charge is -2.40. The Morgan fingerprint density at radius 2 is 1.54 bits per heavy atom. The van der Waals surface area contributed by atoms with Gasteiger partial charge in [-0.1, -0.05) is 48.9 Å². The fourth-order valence-corrected chi connectivity index (χ4v) is 9.60. The molecule has 2 fully saturated rings. The highest BCUT2D eigenvalue weighted by atomic mass is 16.6. The van der Waals surface area contributed by atoms with Gasteiger partial charge in [0.15, 0.2) is 5.72 Å². The highest BCUT2D eigenvalue weighted by Gasteiger charge is 2.78. The predicted octanol–water partition coefficient (Wildman–Crippen LogP) is 1.16. The van der Waals surface area contributed by atoms with Gasteiger partial charge in [-0.2, -0.15) is 0 Å². The fourth-order valence-electron chi connectivity index (χ4n) is 9.60. The molecule has 1 aliphatic carbocycles. The molecule has 0 aromatic heterocycles. The molecule has 2 aromatic carbocycles. The van der Waals surface area contributed by atoms with Crippen molar-refractivity contribution in [1.29, 1.82) is 0 Å². The molecular weight excluding hydrogens is 895 g/mol. The summed E-state index contributed by atoms with van der Waals surface area (Å²) in [6.45, 7) is 1.65. The van der Waals surface area contributed by atoms with Crippen LogP contribution in [-0.2, 0) is 60.8 Å². The van der Waals surface area contributed by atoms with Crippen molar-refractivity contribution in [3.63, 3.8) is 0 Å². The number of carbonyl (C=O) groups excluding carboxylic acids is 9. The zero-order valence-electron chi connectivity index (χ0n) is 38.4. The highest BCUT2D eigenvalue weighted by molar-refractivity contribution is 6.25. The number of anilines is 1. The van der Waals surface area contributed by atoms with Crippen LogP contribution in [0.4, 0.5) is 15.3 Å². The van der Waals surface area contributed by atoms with E-state index in [9.17, 15) is 43.2 Å². The van der Waals surface area contributed by atoms with E-state index in [-0.39, 0.29) is 79.2 Å². The van der Waals surface area contributed by atoms with Gasteiger partial charge in [0.05, 0.1) is 23.4 Å². The van der Waals surface area contributed by atoms with Gasteiger partial charge in [0, 0.05) is 62.0 Å². The van der Waals surface area contributed by atoms with Crippen molar-refractivity contribution < 1.29 is 57.4 Å². The number of ketones is 2. The van der Waals surface area contributed by atoms with E-state index in [0.717, 1.165) is 10.5 Å². The fraction of sp³-hybridized carbons (Fsp3) is 0.438. The lowest BCUT2D eigenvalue weighted by molar-refractivity contribution is -0.144. The summed E-state index contributed by atoms with van der Waals surface area (Å²) in [5, 5.41) is 8.52. The third kappa shape index (κ3) is 10.4. The van der Waals surface area contributed by atoms with Crippen LogP contribution in [0.2, 0.25) is 0 Å². The standard InChI is InChI=1S/C48H57N9O12/c1-27-39(50)42(62)38-31(26-68-46(51)65)48(67-2)43-34(24-56(48)40(38)41(27)61)57(43)47(66)69-25-29-15-17-30(18-16-29)52-44(63)32(13-8-9-21-49)54-45(64)33(23-28-11-5-3-6-12-28)53-35(58)14-7-4-10-22-55-36(59)19-20-37(55)60/h3,5-6,11-12,15-20,31-34,43H,4,7-10,13-14,21-26,49-50H2,1-2H3,(H2,51,65)(H,52,63)(H,53,58)(H,54,64)/t31?,32?,33-,34?,43?,48?,57?/m0/s1. The van der Waals surface area contributed by atoms with E-state index < -0.39 is 78.0 Å². The quantitative estimate of drug-likeness (QED) is 0.0418. The maximum Gasteiger partial charge on any atom is 0.410 e. The van der Waals surface area contributed by atoms with Gasteiger partial charge >= 0.3 is 12.2 Å². The molecule has 0 spiro atoms. The number of amides is 7. The van der Waals surface area contributed by atoms with Crippen molar-refractivity contribution in [3.8, 4) is 0 Å². The van der Waals surface area contributed by atoms with Gasteiger partial charge in [0.1, 0.15) is 31.3 Å².